The first-order valence-corrected chi connectivity index (χ1v) is 5.54. The lowest BCUT2D eigenvalue weighted by Gasteiger charge is -1.98. The maximum absolute atomic E-state index is 10.6. The summed E-state index contributed by atoms with van der Waals surface area (Å²) in [7, 11) is 0. The fourth-order valence-electron chi connectivity index (χ4n) is 1.21. The molecule has 0 bridgehead atoms. The van der Waals surface area contributed by atoms with Crippen LogP contribution >= 0.6 is 11.3 Å². The first kappa shape index (κ1) is 10.8. The number of carbonyl (C=O) groups is 1. The van der Waals surface area contributed by atoms with Gasteiger partial charge in [0.2, 0.25) is 5.01 Å². The number of aromatic carboxylic acids is 1. The molecule has 84 valence electrons. The second-order valence-electron chi connectivity index (χ2n) is 3.13. The largest absolute Gasteiger partial charge is 0.476 e. The Labute approximate surface area is 95.7 Å². The average Bonchev–Trinajstić information content (AvgIpc) is 2.87. The number of rotatable bonds is 5. The summed E-state index contributed by atoms with van der Waals surface area (Å²) in [5.74, 6) is -0.143. The Kier molecular flexibility index (Phi) is 3.33. The summed E-state index contributed by atoms with van der Waals surface area (Å²) in [4.78, 5) is 14.5. The molecule has 0 atom stereocenters. The summed E-state index contributed by atoms with van der Waals surface area (Å²) in [6, 6.07) is 3.69. The van der Waals surface area contributed by atoms with Crippen molar-refractivity contribution in [2.45, 2.75) is 13.1 Å². The Bertz CT molecular complexity index is 464. The van der Waals surface area contributed by atoms with Gasteiger partial charge in [-0.2, -0.15) is 0 Å². The highest BCUT2D eigenvalue weighted by Crippen LogP contribution is 2.09. The minimum Gasteiger partial charge on any atom is -0.476 e. The third kappa shape index (κ3) is 2.68. The van der Waals surface area contributed by atoms with Crippen molar-refractivity contribution in [3.05, 3.63) is 40.2 Å². The van der Waals surface area contributed by atoms with E-state index < -0.39 is 5.97 Å². The predicted molar refractivity (Wildman–Crippen MR) is 58.3 cm³/mol. The van der Waals surface area contributed by atoms with Gasteiger partial charge in [-0.15, -0.1) is 11.3 Å². The Balaban J connectivity index is 1.83. The molecule has 5 nitrogen and oxygen atoms in total. The van der Waals surface area contributed by atoms with Crippen molar-refractivity contribution in [1.29, 1.82) is 0 Å². The maximum Gasteiger partial charge on any atom is 0.365 e. The predicted octanol–water partition coefficient (Wildman–Crippen LogP) is 1.72. The van der Waals surface area contributed by atoms with Gasteiger partial charge in [0.05, 0.1) is 18.5 Å². The Morgan fingerprint density at radius 1 is 1.56 bits per heavy atom. The number of thiazole rings is 1. The first-order valence-electron chi connectivity index (χ1n) is 4.66. The van der Waals surface area contributed by atoms with Gasteiger partial charge in [0.25, 0.3) is 0 Å². The number of nitrogens with one attached hydrogen (secondary N) is 1. The second kappa shape index (κ2) is 4.91. The van der Waals surface area contributed by atoms with Crippen molar-refractivity contribution >= 4 is 17.3 Å². The third-order valence-corrected chi connectivity index (χ3v) is 2.80. The summed E-state index contributed by atoms with van der Waals surface area (Å²) in [5.41, 5.74) is 0.731. The zero-order valence-corrected chi connectivity index (χ0v) is 9.16. The number of carboxylic acids is 1. The third-order valence-electron chi connectivity index (χ3n) is 1.92. The zero-order chi connectivity index (χ0) is 11.4. The zero-order valence-electron chi connectivity index (χ0n) is 8.34. The number of hydrogen-bond donors (Lipinski definition) is 2. The van der Waals surface area contributed by atoms with Crippen molar-refractivity contribution in [3.63, 3.8) is 0 Å². The number of furan rings is 1. The summed E-state index contributed by atoms with van der Waals surface area (Å²) in [6.45, 7) is 1.14. The van der Waals surface area contributed by atoms with Crippen LogP contribution in [0.1, 0.15) is 21.3 Å². The van der Waals surface area contributed by atoms with Gasteiger partial charge in [-0.1, -0.05) is 0 Å². The van der Waals surface area contributed by atoms with Gasteiger partial charge in [-0.05, 0) is 12.1 Å². The van der Waals surface area contributed by atoms with E-state index in [1.54, 1.807) is 11.6 Å². The van der Waals surface area contributed by atoms with Gasteiger partial charge >= 0.3 is 5.97 Å². The van der Waals surface area contributed by atoms with Crippen LogP contribution in [-0.4, -0.2) is 16.1 Å². The molecule has 2 aromatic heterocycles. The van der Waals surface area contributed by atoms with Gasteiger partial charge in [-0.3, -0.25) is 0 Å². The van der Waals surface area contributed by atoms with E-state index in [0.29, 0.717) is 13.1 Å². The van der Waals surface area contributed by atoms with Crippen LogP contribution in [0.4, 0.5) is 0 Å². The fourth-order valence-corrected chi connectivity index (χ4v) is 1.87. The summed E-state index contributed by atoms with van der Waals surface area (Å²) < 4.78 is 5.14. The highest BCUT2D eigenvalue weighted by atomic mass is 32.1. The summed E-state index contributed by atoms with van der Waals surface area (Å²) in [5, 5.41) is 13.7. The molecule has 0 fully saturated rings. The molecule has 0 aliphatic carbocycles. The lowest BCUT2D eigenvalue weighted by molar-refractivity contribution is 0.0696. The first-order chi connectivity index (χ1) is 7.75. The molecule has 2 aromatic rings. The minimum absolute atomic E-state index is 0.120. The van der Waals surface area contributed by atoms with Crippen LogP contribution in [0.15, 0.2) is 28.2 Å². The summed E-state index contributed by atoms with van der Waals surface area (Å²) >= 11 is 1.13. The molecule has 16 heavy (non-hydrogen) atoms. The lowest BCUT2D eigenvalue weighted by atomic mass is 10.4. The van der Waals surface area contributed by atoms with Gasteiger partial charge < -0.3 is 14.8 Å². The van der Waals surface area contributed by atoms with Crippen LogP contribution in [0.5, 0.6) is 0 Å². The highest BCUT2D eigenvalue weighted by Gasteiger charge is 2.08. The van der Waals surface area contributed by atoms with Crippen LogP contribution < -0.4 is 5.32 Å². The second-order valence-corrected chi connectivity index (χ2v) is 3.99. The Hall–Kier alpha value is -1.66. The highest BCUT2D eigenvalue weighted by molar-refractivity contribution is 7.11. The molecule has 0 aliphatic heterocycles. The fraction of sp³-hybridized carbons (Fsp3) is 0.200. The smallest absolute Gasteiger partial charge is 0.365 e. The quantitative estimate of drug-likeness (QED) is 0.829. The number of aromatic nitrogens is 1. The van der Waals surface area contributed by atoms with Gasteiger partial charge in [0, 0.05) is 11.9 Å². The van der Waals surface area contributed by atoms with Crippen molar-refractivity contribution in [3.8, 4) is 0 Å². The maximum atomic E-state index is 10.6. The molecule has 0 spiro atoms. The molecular weight excluding hydrogens is 228 g/mol. The lowest BCUT2D eigenvalue weighted by Crippen LogP contribution is -2.12. The van der Waals surface area contributed by atoms with Crippen molar-refractivity contribution in [2.24, 2.45) is 0 Å². The molecule has 0 saturated heterocycles. The van der Waals surface area contributed by atoms with Crippen LogP contribution in [0.3, 0.4) is 0 Å². The van der Waals surface area contributed by atoms with Crippen LogP contribution in [0.2, 0.25) is 0 Å². The summed E-state index contributed by atoms with van der Waals surface area (Å²) in [6.07, 6.45) is 1.61. The number of hydrogen-bond acceptors (Lipinski definition) is 5. The molecule has 6 heteroatoms. The van der Waals surface area contributed by atoms with Crippen LogP contribution in [0, 0.1) is 0 Å². The number of nitrogens with zero attached hydrogens (tertiary/aromatic N) is 1. The van der Waals surface area contributed by atoms with Gasteiger partial charge in [0.1, 0.15) is 5.76 Å². The number of carboxylic acid groups (broad SMARTS) is 1. The van der Waals surface area contributed by atoms with E-state index in [9.17, 15) is 4.79 Å². The van der Waals surface area contributed by atoms with Gasteiger partial charge in [-0.25, -0.2) is 9.78 Å². The van der Waals surface area contributed by atoms with E-state index in [1.165, 1.54) is 0 Å². The minimum atomic E-state index is -0.984. The van der Waals surface area contributed by atoms with E-state index >= 15 is 0 Å². The monoisotopic (exact) mass is 238 g/mol. The molecule has 0 saturated carbocycles. The molecule has 0 unspecified atom stereocenters. The SMILES string of the molecule is O=C(O)c1nc(CNCc2ccco2)cs1. The van der Waals surface area contributed by atoms with Crippen LogP contribution in [0.25, 0.3) is 0 Å². The Morgan fingerprint density at radius 2 is 2.44 bits per heavy atom. The van der Waals surface area contributed by atoms with Gasteiger partial charge in [0.15, 0.2) is 0 Å². The molecule has 2 heterocycles. The molecule has 0 amide bonds. The topological polar surface area (TPSA) is 75.4 Å². The Morgan fingerprint density at radius 3 is 3.06 bits per heavy atom. The van der Waals surface area contributed by atoms with Crippen molar-refractivity contribution in [2.75, 3.05) is 0 Å². The van der Waals surface area contributed by atoms with E-state index in [0.717, 1.165) is 22.8 Å². The van der Waals surface area contributed by atoms with E-state index in [-0.39, 0.29) is 5.01 Å². The van der Waals surface area contributed by atoms with Crippen molar-refractivity contribution in [1.82, 2.24) is 10.3 Å². The van der Waals surface area contributed by atoms with Crippen LogP contribution in [-0.2, 0) is 13.1 Å². The van der Waals surface area contributed by atoms with E-state index in [2.05, 4.69) is 10.3 Å². The molecule has 0 aliphatic rings. The van der Waals surface area contributed by atoms with E-state index in [1.807, 2.05) is 12.1 Å². The average molecular weight is 238 g/mol. The molecule has 2 N–H and O–H groups in total. The molecular formula is C10H10N2O3S. The van der Waals surface area contributed by atoms with Crippen molar-refractivity contribution < 1.29 is 14.3 Å². The molecule has 0 aromatic carbocycles. The van der Waals surface area contributed by atoms with E-state index in [4.69, 9.17) is 9.52 Å². The normalized spacial score (nSPS) is 10.5. The standard InChI is InChI=1S/C10H10N2O3S/c13-10(14)9-12-7(6-16-9)4-11-5-8-2-1-3-15-8/h1-3,6,11H,4-5H2,(H,13,14). The molecule has 0 radical (unpaired) electrons. The molecule has 2 rings (SSSR count).